The number of aliphatic hydroxyl groups excluding tert-OH is 3. The van der Waals surface area contributed by atoms with Crippen molar-refractivity contribution in [3.05, 3.63) is 30.3 Å². The van der Waals surface area contributed by atoms with Crippen LogP contribution < -0.4 is 10.5 Å². The molecule has 0 amide bonds. The number of esters is 2. The van der Waals surface area contributed by atoms with Crippen molar-refractivity contribution in [1.82, 2.24) is 0 Å². The molecule has 162 valence electrons. The second kappa shape index (κ2) is 10.6. The maximum Gasteiger partial charge on any atom is 0.331 e. The van der Waals surface area contributed by atoms with Gasteiger partial charge in [0, 0.05) is 6.42 Å². The molecule has 0 aliphatic carbocycles. The summed E-state index contributed by atoms with van der Waals surface area (Å²) in [5.74, 6) is -1.20. The number of ether oxygens (including phenoxy) is 3. The zero-order valence-electron chi connectivity index (χ0n) is 15.8. The number of hydrogen-bond donors (Lipinski definition) is 4. The predicted octanol–water partition coefficient (Wildman–Crippen LogP) is -0.198. The van der Waals surface area contributed by atoms with Gasteiger partial charge in [-0.15, -0.1) is 0 Å². The van der Waals surface area contributed by atoms with Crippen LogP contribution in [0.5, 0.6) is 5.75 Å². The van der Waals surface area contributed by atoms with Gasteiger partial charge in [-0.2, -0.15) is 0 Å². The molecule has 1 aliphatic heterocycles. The fraction of sp³-hybridized carbons (Fsp3) is 0.579. The van der Waals surface area contributed by atoms with Crippen LogP contribution in [0.25, 0.3) is 0 Å². The minimum atomic E-state index is -1.99. The van der Waals surface area contributed by atoms with Gasteiger partial charge < -0.3 is 35.3 Å². The molecule has 0 aromatic heterocycles. The molecule has 10 heteroatoms. The fourth-order valence-corrected chi connectivity index (χ4v) is 2.71. The van der Waals surface area contributed by atoms with Gasteiger partial charge in [0.1, 0.15) is 36.3 Å². The van der Waals surface area contributed by atoms with Crippen molar-refractivity contribution in [1.29, 1.82) is 0 Å². The molecule has 1 aliphatic rings. The van der Waals surface area contributed by atoms with Crippen LogP contribution in [-0.2, 0) is 19.1 Å². The molecule has 0 saturated carbocycles. The third kappa shape index (κ3) is 6.44. The van der Waals surface area contributed by atoms with Gasteiger partial charge >= 0.3 is 11.9 Å². The molecule has 1 aromatic carbocycles. The zero-order chi connectivity index (χ0) is 21.4. The second-order valence-electron chi connectivity index (χ2n) is 6.94. The van der Waals surface area contributed by atoms with Crippen LogP contribution in [0.15, 0.2) is 30.3 Å². The number of rotatable bonds is 9. The summed E-state index contributed by atoms with van der Waals surface area (Å²) in [4.78, 5) is 24.0. The molecule has 0 spiro atoms. The van der Waals surface area contributed by atoms with Gasteiger partial charge in [-0.25, -0.2) is 9.18 Å². The first kappa shape index (κ1) is 23.2. The highest BCUT2D eigenvalue weighted by atomic mass is 19.1. The molecule has 2 rings (SSSR count). The van der Waals surface area contributed by atoms with Crippen LogP contribution in [-0.4, -0.2) is 70.7 Å². The summed E-state index contributed by atoms with van der Waals surface area (Å²) in [7, 11) is 0. The van der Waals surface area contributed by atoms with Gasteiger partial charge in [-0.05, 0) is 25.0 Å². The highest BCUT2D eigenvalue weighted by Crippen LogP contribution is 2.21. The van der Waals surface area contributed by atoms with Crippen LogP contribution in [0, 0.1) is 0 Å². The summed E-state index contributed by atoms with van der Waals surface area (Å²) in [5.41, 5.74) is 3.80. The van der Waals surface area contributed by atoms with Gasteiger partial charge in [0.15, 0.2) is 0 Å². The fourth-order valence-electron chi connectivity index (χ4n) is 2.71. The lowest BCUT2D eigenvalue weighted by Crippen LogP contribution is -2.58. The average Bonchev–Trinajstić information content (AvgIpc) is 2.72. The lowest BCUT2D eigenvalue weighted by atomic mass is 9.94. The Morgan fingerprint density at radius 2 is 1.86 bits per heavy atom. The molecular weight excluding hydrogens is 389 g/mol. The summed E-state index contributed by atoms with van der Waals surface area (Å²) in [5, 5.41) is 28.8. The number of benzene rings is 1. The third-order valence-corrected chi connectivity index (χ3v) is 4.55. The van der Waals surface area contributed by atoms with Gasteiger partial charge in [0.05, 0.1) is 6.61 Å². The minimum Gasteiger partial charge on any atom is -0.431 e. The Labute approximate surface area is 167 Å². The molecule has 0 bridgehead atoms. The van der Waals surface area contributed by atoms with Crippen LogP contribution in [0.1, 0.15) is 25.7 Å². The van der Waals surface area contributed by atoms with E-state index in [0.29, 0.717) is 12.2 Å². The van der Waals surface area contributed by atoms with E-state index in [9.17, 15) is 29.3 Å². The second-order valence-corrected chi connectivity index (χ2v) is 6.94. The maximum atomic E-state index is 13.4. The van der Waals surface area contributed by atoms with E-state index in [1.54, 1.807) is 30.3 Å². The number of hydrogen-bond acceptors (Lipinski definition) is 9. The summed E-state index contributed by atoms with van der Waals surface area (Å²) in [6.45, 7) is -1.60. The summed E-state index contributed by atoms with van der Waals surface area (Å²) in [6, 6.07) is 8.52. The normalized spacial score (nSPS) is 26.4. The smallest absolute Gasteiger partial charge is 0.331 e. The van der Waals surface area contributed by atoms with Crippen molar-refractivity contribution < 1.29 is 43.5 Å². The van der Waals surface area contributed by atoms with Crippen LogP contribution in [0.2, 0.25) is 0 Å². The predicted molar refractivity (Wildman–Crippen MR) is 97.3 cm³/mol. The molecular formula is C19H26FNO8. The first-order valence-electron chi connectivity index (χ1n) is 9.24. The maximum absolute atomic E-state index is 13.4. The van der Waals surface area contributed by atoms with E-state index in [1.807, 2.05) is 0 Å². The Morgan fingerprint density at radius 3 is 2.52 bits per heavy atom. The van der Waals surface area contributed by atoms with Gasteiger partial charge in [-0.1, -0.05) is 24.6 Å². The number of aliphatic hydroxyl groups is 3. The number of halogens is 1. The minimum absolute atomic E-state index is 0.0564. The van der Waals surface area contributed by atoms with Gasteiger partial charge in [0.25, 0.3) is 0 Å². The van der Waals surface area contributed by atoms with E-state index in [2.05, 4.69) is 0 Å². The Hall–Kier alpha value is -2.11. The van der Waals surface area contributed by atoms with Gasteiger partial charge in [-0.3, -0.25) is 4.79 Å². The standard InChI is InChI=1S/C19H26FNO8/c20-11-19(21,18(26)29-17-16(25)15(24)13(22)10-27-17)9-5-4-8-14(23)28-12-6-2-1-3-7-12/h1-3,6-7,13,15-17,22,24-25H,4-5,8-11,21H2/t13-,15+,16-,17+,19-/m1/s1. The van der Waals surface area contributed by atoms with E-state index in [-0.39, 0.29) is 25.9 Å². The van der Waals surface area contributed by atoms with Crippen molar-refractivity contribution in [2.45, 2.75) is 55.8 Å². The average molecular weight is 415 g/mol. The lowest BCUT2D eigenvalue weighted by Gasteiger charge is -2.36. The lowest BCUT2D eigenvalue weighted by molar-refractivity contribution is -0.265. The molecule has 0 unspecified atom stereocenters. The zero-order valence-corrected chi connectivity index (χ0v) is 15.8. The van der Waals surface area contributed by atoms with Crippen LogP contribution in [0.3, 0.4) is 0 Å². The van der Waals surface area contributed by atoms with Crippen molar-refractivity contribution >= 4 is 11.9 Å². The molecule has 0 radical (unpaired) electrons. The molecule has 9 nitrogen and oxygen atoms in total. The van der Waals surface area contributed by atoms with Gasteiger partial charge in [0.2, 0.25) is 6.29 Å². The van der Waals surface area contributed by atoms with E-state index in [4.69, 9.17) is 19.9 Å². The highest BCUT2D eigenvalue weighted by molar-refractivity contribution is 5.81. The van der Waals surface area contributed by atoms with E-state index >= 15 is 0 Å². The molecule has 5 N–H and O–H groups in total. The number of nitrogens with two attached hydrogens (primary N) is 1. The Bertz CT molecular complexity index is 675. The van der Waals surface area contributed by atoms with Crippen LogP contribution >= 0.6 is 0 Å². The number of unbranched alkanes of at least 4 members (excludes halogenated alkanes) is 1. The quantitative estimate of drug-likeness (QED) is 0.244. The largest absolute Gasteiger partial charge is 0.431 e. The van der Waals surface area contributed by atoms with E-state index < -0.39 is 48.8 Å². The van der Waals surface area contributed by atoms with Crippen molar-refractivity contribution in [2.24, 2.45) is 5.73 Å². The monoisotopic (exact) mass is 415 g/mol. The molecule has 1 fully saturated rings. The first-order chi connectivity index (χ1) is 13.8. The molecule has 1 heterocycles. The topological polar surface area (TPSA) is 149 Å². The Kier molecular flexibility index (Phi) is 8.47. The van der Waals surface area contributed by atoms with Crippen molar-refractivity contribution in [3.63, 3.8) is 0 Å². The van der Waals surface area contributed by atoms with Crippen LogP contribution in [0.4, 0.5) is 4.39 Å². The number of carbonyl (C=O) groups excluding carboxylic acids is 2. The van der Waals surface area contributed by atoms with E-state index in [1.165, 1.54) is 0 Å². The third-order valence-electron chi connectivity index (χ3n) is 4.55. The molecule has 1 saturated heterocycles. The number of para-hydroxylation sites is 1. The SMILES string of the molecule is N[C@@](CF)(CCCCC(=O)Oc1ccccc1)C(=O)O[C@@H]1OC[C@@H](O)[C@H](O)[C@H]1O. The van der Waals surface area contributed by atoms with E-state index in [0.717, 1.165) is 0 Å². The Balaban J connectivity index is 1.78. The first-order valence-corrected chi connectivity index (χ1v) is 9.24. The number of carbonyl (C=O) groups is 2. The summed E-state index contributed by atoms with van der Waals surface area (Å²) in [6.07, 6.45) is -5.68. The van der Waals surface area contributed by atoms with Crippen molar-refractivity contribution in [3.8, 4) is 5.75 Å². The molecule has 29 heavy (non-hydrogen) atoms. The summed E-state index contributed by atoms with van der Waals surface area (Å²) >= 11 is 0. The molecule has 1 aromatic rings. The number of alkyl halides is 1. The summed E-state index contributed by atoms with van der Waals surface area (Å²) < 4.78 is 28.4. The highest BCUT2D eigenvalue weighted by Gasteiger charge is 2.43. The van der Waals surface area contributed by atoms with Crippen molar-refractivity contribution in [2.75, 3.05) is 13.3 Å². The molecule has 5 atom stereocenters. The Morgan fingerprint density at radius 1 is 1.17 bits per heavy atom.